The molecule has 0 aromatic heterocycles. The largest absolute Gasteiger partial charge is 0.300 e. The predicted molar refractivity (Wildman–Crippen MR) is 46.8 cm³/mol. The van der Waals surface area contributed by atoms with Crippen LogP contribution in [0.25, 0.3) is 0 Å². The number of carbonyl (C=O) groups is 2. The fourth-order valence-corrected chi connectivity index (χ4v) is 1.62. The molecule has 0 aromatic carbocycles. The van der Waals surface area contributed by atoms with Crippen molar-refractivity contribution in [3.63, 3.8) is 0 Å². The van der Waals surface area contributed by atoms with Gasteiger partial charge in [-0.15, -0.1) is 0 Å². The fraction of sp³-hybridized carbons (Fsp3) is 0.800. The highest BCUT2D eigenvalue weighted by atomic mass is 16.1. The summed E-state index contributed by atoms with van der Waals surface area (Å²) in [4.78, 5) is 22.5. The van der Waals surface area contributed by atoms with Gasteiger partial charge in [-0.3, -0.25) is 9.59 Å². The number of hydrogen-bond donors (Lipinski definition) is 0. The van der Waals surface area contributed by atoms with Gasteiger partial charge < -0.3 is 0 Å². The molecule has 1 aliphatic carbocycles. The highest BCUT2D eigenvalue weighted by Crippen LogP contribution is 2.35. The van der Waals surface area contributed by atoms with Crippen molar-refractivity contribution in [2.75, 3.05) is 0 Å². The maximum atomic E-state index is 11.5. The normalized spacial score (nSPS) is 36.6. The van der Waals surface area contributed by atoms with Crippen molar-refractivity contribution in [2.45, 2.75) is 40.0 Å². The molecule has 0 saturated heterocycles. The molecule has 0 amide bonds. The topological polar surface area (TPSA) is 34.1 Å². The summed E-state index contributed by atoms with van der Waals surface area (Å²) in [6, 6.07) is 0. The molecule has 0 bridgehead atoms. The van der Waals surface area contributed by atoms with Gasteiger partial charge in [0.2, 0.25) is 0 Å². The van der Waals surface area contributed by atoms with Crippen molar-refractivity contribution in [2.24, 2.45) is 11.3 Å². The van der Waals surface area contributed by atoms with Crippen LogP contribution in [0.5, 0.6) is 0 Å². The first-order chi connectivity index (χ1) is 5.43. The second-order valence-corrected chi connectivity index (χ2v) is 4.36. The molecule has 2 nitrogen and oxygen atoms in total. The van der Waals surface area contributed by atoms with Crippen LogP contribution >= 0.6 is 0 Å². The average Bonchev–Trinajstić information content (AvgIpc) is 1.94. The van der Waals surface area contributed by atoms with Crippen LogP contribution < -0.4 is 0 Å². The highest BCUT2D eigenvalue weighted by Gasteiger charge is 2.36. The standard InChI is InChI=1S/C10H16O2/c1-7(11)8-4-5-10(2,3)9(12)6-8/h8H,4-6H2,1-3H3/t8-/m1/s1/i2+1/t8-,10-. The van der Waals surface area contributed by atoms with Gasteiger partial charge in [0.25, 0.3) is 0 Å². The first-order valence-electron chi connectivity index (χ1n) is 4.47. The summed E-state index contributed by atoms with van der Waals surface area (Å²) in [7, 11) is 0. The minimum Gasteiger partial charge on any atom is -0.300 e. The summed E-state index contributed by atoms with van der Waals surface area (Å²) in [6.07, 6.45) is 2.20. The van der Waals surface area contributed by atoms with Crippen LogP contribution in [-0.4, -0.2) is 11.6 Å². The second kappa shape index (κ2) is 3.00. The van der Waals surface area contributed by atoms with Crippen LogP contribution in [0.2, 0.25) is 0 Å². The van der Waals surface area contributed by atoms with Gasteiger partial charge in [0.1, 0.15) is 11.6 Å². The third kappa shape index (κ3) is 1.74. The molecule has 1 rings (SSSR count). The lowest BCUT2D eigenvalue weighted by Gasteiger charge is -2.31. The minimum absolute atomic E-state index is 0.00512. The molecule has 0 aromatic rings. The van der Waals surface area contributed by atoms with Gasteiger partial charge in [0.15, 0.2) is 0 Å². The first-order valence-corrected chi connectivity index (χ1v) is 4.47. The van der Waals surface area contributed by atoms with Crippen LogP contribution in [-0.2, 0) is 9.59 Å². The molecule has 0 aliphatic heterocycles. The van der Waals surface area contributed by atoms with Crippen molar-refractivity contribution < 1.29 is 9.59 Å². The number of rotatable bonds is 1. The zero-order valence-electron chi connectivity index (χ0n) is 8.02. The van der Waals surface area contributed by atoms with Gasteiger partial charge in [-0.1, -0.05) is 13.8 Å². The Morgan fingerprint density at radius 3 is 2.50 bits per heavy atom. The molecule has 1 saturated carbocycles. The number of carbonyl (C=O) groups excluding carboxylic acids is 2. The van der Waals surface area contributed by atoms with Crippen LogP contribution in [0.3, 0.4) is 0 Å². The molecule has 68 valence electrons. The van der Waals surface area contributed by atoms with Gasteiger partial charge in [-0.05, 0) is 19.8 Å². The SMILES string of the molecule is CC(=O)[C@@H]1CC[C@](C)([13CH3])C(=O)C1. The molecule has 0 N–H and O–H groups in total. The maximum absolute atomic E-state index is 11.5. The minimum atomic E-state index is -0.189. The van der Waals surface area contributed by atoms with Gasteiger partial charge in [-0.25, -0.2) is 0 Å². The van der Waals surface area contributed by atoms with Crippen LogP contribution in [0.15, 0.2) is 0 Å². The lowest BCUT2D eigenvalue weighted by atomic mass is 9.74. The molecule has 1 aliphatic rings. The molecule has 12 heavy (non-hydrogen) atoms. The zero-order chi connectivity index (χ0) is 9.35. The molecule has 2 atom stereocenters. The first kappa shape index (κ1) is 9.43. The average molecular weight is 169 g/mol. The quantitative estimate of drug-likeness (QED) is 0.562. The molecule has 0 radical (unpaired) electrons. The van der Waals surface area contributed by atoms with Crippen molar-refractivity contribution in [3.05, 3.63) is 0 Å². The monoisotopic (exact) mass is 169 g/mol. The summed E-state index contributed by atoms with van der Waals surface area (Å²) in [5, 5.41) is 0. The van der Waals surface area contributed by atoms with Crippen LogP contribution in [0.4, 0.5) is 0 Å². The molecular formula is C10H16O2. The van der Waals surface area contributed by atoms with E-state index in [-0.39, 0.29) is 22.9 Å². The lowest BCUT2D eigenvalue weighted by Crippen LogP contribution is -2.34. The van der Waals surface area contributed by atoms with Crippen molar-refractivity contribution in [3.8, 4) is 0 Å². The molecule has 0 spiro atoms. The van der Waals surface area contributed by atoms with Gasteiger partial charge >= 0.3 is 0 Å². The van der Waals surface area contributed by atoms with E-state index in [2.05, 4.69) is 0 Å². The molecule has 0 unspecified atom stereocenters. The Morgan fingerprint density at radius 1 is 1.50 bits per heavy atom. The Morgan fingerprint density at radius 2 is 2.08 bits per heavy atom. The van der Waals surface area contributed by atoms with E-state index in [0.717, 1.165) is 12.8 Å². The Kier molecular flexibility index (Phi) is 2.36. The third-order valence-corrected chi connectivity index (χ3v) is 2.88. The fourth-order valence-electron chi connectivity index (χ4n) is 1.62. The number of ketones is 2. The Balaban J connectivity index is 2.64. The Hall–Kier alpha value is -0.660. The van der Waals surface area contributed by atoms with E-state index in [1.807, 2.05) is 13.8 Å². The Bertz CT molecular complexity index is 216. The molecule has 1 fully saturated rings. The van der Waals surface area contributed by atoms with Gasteiger partial charge in [0.05, 0.1) is 0 Å². The predicted octanol–water partition coefficient (Wildman–Crippen LogP) is 1.97. The van der Waals surface area contributed by atoms with E-state index < -0.39 is 0 Å². The molecule has 2 heteroatoms. The van der Waals surface area contributed by atoms with Crippen molar-refractivity contribution in [1.82, 2.24) is 0 Å². The van der Waals surface area contributed by atoms with E-state index >= 15 is 0 Å². The van der Waals surface area contributed by atoms with Crippen molar-refractivity contribution in [1.29, 1.82) is 0 Å². The second-order valence-electron chi connectivity index (χ2n) is 4.36. The van der Waals surface area contributed by atoms with Gasteiger partial charge in [0, 0.05) is 17.8 Å². The van der Waals surface area contributed by atoms with E-state index in [9.17, 15) is 9.59 Å². The van der Waals surface area contributed by atoms with E-state index in [4.69, 9.17) is 0 Å². The lowest BCUT2D eigenvalue weighted by molar-refractivity contribution is -0.135. The van der Waals surface area contributed by atoms with Gasteiger partial charge in [-0.2, -0.15) is 0 Å². The maximum Gasteiger partial charge on any atom is 0.139 e. The summed E-state index contributed by atoms with van der Waals surface area (Å²) in [5.41, 5.74) is -0.189. The summed E-state index contributed by atoms with van der Waals surface area (Å²) in [6.45, 7) is 5.51. The molecule has 0 heterocycles. The third-order valence-electron chi connectivity index (χ3n) is 2.88. The summed E-state index contributed by atoms with van der Waals surface area (Å²) >= 11 is 0. The van der Waals surface area contributed by atoms with E-state index in [1.54, 1.807) is 6.92 Å². The van der Waals surface area contributed by atoms with E-state index in [0.29, 0.717) is 6.42 Å². The highest BCUT2D eigenvalue weighted by molar-refractivity contribution is 5.90. The zero-order valence-corrected chi connectivity index (χ0v) is 8.02. The smallest absolute Gasteiger partial charge is 0.139 e. The van der Waals surface area contributed by atoms with Crippen LogP contribution in [0.1, 0.15) is 40.0 Å². The van der Waals surface area contributed by atoms with Crippen molar-refractivity contribution >= 4 is 11.6 Å². The number of Topliss-reactive ketones (excluding diaryl/α,β-unsaturated/α-hetero) is 2. The summed E-state index contributed by atoms with van der Waals surface area (Å²) < 4.78 is 0. The van der Waals surface area contributed by atoms with Crippen LogP contribution in [0, 0.1) is 11.3 Å². The van der Waals surface area contributed by atoms with E-state index in [1.165, 1.54) is 0 Å². The number of hydrogen-bond acceptors (Lipinski definition) is 2. The Labute approximate surface area is 73.3 Å². The summed E-state index contributed by atoms with van der Waals surface area (Å²) in [5.74, 6) is 0.415. The molecular weight excluding hydrogens is 153 g/mol.